The summed E-state index contributed by atoms with van der Waals surface area (Å²) < 4.78 is 6.19. The summed E-state index contributed by atoms with van der Waals surface area (Å²) in [7, 11) is 1.67. The van der Waals surface area contributed by atoms with Crippen molar-refractivity contribution in [2.45, 2.75) is 19.5 Å². The minimum Gasteiger partial charge on any atom is -0.496 e. The molecule has 0 heterocycles. The van der Waals surface area contributed by atoms with Crippen molar-refractivity contribution in [1.29, 1.82) is 0 Å². The van der Waals surface area contributed by atoms with Gasteiger partial charge in [-0.3, -0.25) is 0 Å². The van der Waals surface area contributed by atoms with Crippen LogP contribution in [0.15, 0.2) is 46.9 Å². The minimum atomic E-state index is 0.245. The molecule has 0 radical (unpaired) electrons. The third kappa shape index (κ3) is 3.98. The van der Waals surface area contributed by atoms with Gasteiger partial charge in [0.1, 0.15) is 5.75 Å². The SMILES string of the molecule is COc1ccc(CNC(C)c2cccc(Cl)c2)cc1Br. The second kappa shape index (κ2) is 7.11. The number of nitrogens with one attached hydrogen (secondary N) is 1. The van der Waals surface area contributed by atoms with Gasteiger partial charge in [-0.15, -0.1) is 0 Å². The molecule has 0 spiro atoms. The van der Waals surface area contributed by atoms with Crippen LogP contribution in [0.1, 0.15) is 24.1 Å². The zero-order valence-corrected chi connectivity index (χ0v) is 13.8. The van der Waals surface area contributed by atoms with Crippen molar-refractivity contribution < 1.29 is 4.74 Å². The first kappa shape index (κ1) is 15.4. The van der Waals surface area contributed by atoms with Crippen LogP contribution in [0.25, 0.3) is 0 Å². The lowest BCUT2D eigenvalue weighted by Crippen LogP contribution is -2.18. The first-order valence-electron chi connectivity index (χ1n) is 6.41. The maximum absolute atomic E-state index is 6.01. The molecular weight excluding hydrogens is 338 g/mol. The fraction of sp³-hybridized carbons (Fsp3) is 0.250. The van der Waals surface area contributed by atoms with Gasteiger partial charge in [-0.2, -0.15) is 0 Å². The van der Waals surface area contributed by atoms with Crippen molar-refractivity contribution in [2.24, 2.45) is 0 Å². The van der Waals surface area contributed by atoms with Gasteiger partial charge in [0.25, 0.3) is 0 Å². The fourth-order valence-corrected chi connectivity index (χ4v) is 2.77. The Labute approximate surface area is 133 Å². The molecule has 1 unspecified atom stereocenters. The molecule has 0 aliphatic heterocycles. The van der Waals surface area contributed by atoms with E-state index in [1.807, 2.05) is 24.3 Å². The Morgan fingerprint density at radius 3 is 2.70 bits per heavy atom. The first-order chi connectivity index (χ1) is 9.60. The number of benzene rings is 2. The molecule has 20 heavy (non-hydrogen) atoms. The van der Waals surface area contributed by atoms with E-state index in [4.69, 9.17) is 16.3 Å². The van der Waals surface area contributed by atoms with Crippen molar-refractivity contribution >= 4 is 27.5 Å². The van der Waals surface area contributed by atoms with Gasteiger partial charge in [-0.1, -0.05) is 29.8 Å². The Morgan fingerprint density at radius 1 is 1.25 bits per heavy atom. The maximum Gasteiger partial charge on any atom is 0.133 e. The van der Waals surface area contributed by atoms with E-state index in [-0.39, 0.29) is 6.04 Å². The highest BCUT2D eigenvalue weighted by Crippen LogP contribution is 2.26. The average molecular weight is 355 g/mol. The Balaban J connectivity index is 1.99. The molecule has 4 heteroatoms. The zero-order valence-electron chi connectivity index (χ0n) is 11.5. The second-order valence-electron chi connectivity index (χ2n) is 4.63. The lowest BCUT2D eigenvalue weighted by atomic mass is 10.1. The van der Waals surface area contributed by atoms with E-state index in [0.717, 1.165) is 21.8 Å². The predicted octanol–water partition coefficient (Wildman–Crippen LogP) is 4.96. The number of ether oxygens (including phenoxy) is 1. The van der Waals surface area contributed by atoms with Gasteiger partial charge in [0.05, 0.1) is 11.6 Å². The van der Waals surface area contributed by atoms with Crippen LogP contribution in [0.5, 0.6) is 5.75 Å². The summed E-state index contributed by atoms with van der Waals surface area (Å²) in [5.41, 5.74) is 2.39. The van der Waals surface area contributed by atoms with Crippen LogP contribution in [0.4, 0.5) is 0 Å². The molecule has 0 saturated carbocycles. The number of halogens is 2. The summed E-state index contributed by atoms with van der Waals surface area (Å²) in [5, 5.41) is 4.25. The van der Waals surface area contributed by atoms with E-state index in [0.29, 0.717) is 0 Å². The Morgan fingerprint density at radius 2 is 2.05 bits per heavy atom. The lowest BCUT2D eigenvalue weighted by Gasteiger charge is -2.15. The lowest BCUT2D eigenvalue weighted by molar-refractivity contribution is 0.412. The number of hydrogen-bond acceptors (Lipinski definition) is 2. The third-order valence-electron chi connectivity index (χ3n) is 3.18. The summed E-state index contributed by atoms with van der Waals surface area (Å²) in [6.07, 6.45) is 0. The number of methoxy groups -OCH3 is 1. The van der Waals surface area contributed by atoms with Crippen LogP contribution in [-0.2, 0) is 6.54 Å². The van der Waals surface area contributed by atoms with Gasteiger partial charge in [-0.25, -0.2) is 0 Å². The van der Waals surface area contributed by atoms with E-state index < -0.39 is 0 Å². The molecule has 106 valence electrons. The van der Waals surface area contributed by atoms with Crippen molar-refractivity contribution in [3.8, 4) is 5.75 Å². The van der Waals surface area contributed by atoms with Gasteiger partial charge < -0.3 is 10.1 Å². The predicted molar refractivity (Wildman–Crippen MR) is 87.4 cm³/mol. The fourth-order valence-electron chi connectivity index (χ4n) is 1.98. The molecular formula is C16H17BrClNO. The Bertz CT molecular complexity index is 588. The maximum atomic E-state index is 6.01. The largest absolute Gasteiger partial charge is 0.496 e. The van der Waals surface area contributed by atoms with Crippen LogP contribution in [0.2, 0.25) is 5.02 Å². The van der Waals surface area contributed by atoms with Crippen LogP contribution < -0.4 is 10.1 Å². The molecule has 0 aliphatic rings. The van der Waals surface area contributed by atoms with Crippen molar-refractivity contribution in [1.82, 2.24) is 5.32 Å². The van der Waals surface area contributed by atoms with Crippen LogP contribution in [-0.4, -0.2) is 7.11 Å². The van der Waals surface area contributed by atoms with Gasteiger partial charge >= 0.3 is 0 Å². The van der Waals surface area contributed by atoms with Gasteiger partial charge in [-0.05, 0) is 58.2 Å². The summed E-state index contributed by atoms with van der Waals surface area (Å²) in [5.74, 6) is 0.844. The monoisotopic (exact) mass is 353 g/mol. The molecule has 1 atom stereocenters. The Kier molecular flexibility index (Phi) is 5.46. The number of rotatable bonds is 5. The molecule has 0 bridgehead atoms. The van der Waals surface area contributed by atoms with E-state index in [1.54, 1.807) is 7.11 Å². The van der Waals surface area contributed by atoms with E-state index in [9.17, 15) is 0 Å². The minimum absolute atomic E-state index is 0.245. The smallest absolute Gasteiger partial charge is 0.133 e. The molecule has 0 amide bonds. The first-order valence-corrected chi connectivity index (χ1v) is 7.58. The standard InChI is InChI=1S/C16H17BrClNO/c1-11(13-4-3-5-14(18)9-13)19-10-12-6-7-16(20-2)15(17)8-12/h3-9,11,19H,10H2,1-2H3. The van der Waals surface area contributed by atoms with E-state index in [1.165, 1.54) is 11.1 Å². The van der Waals surface area contributed by atoms with Crippen LogP contribution >= 0.6 is 27.5 Å². The summed E-state index contributed by atoms with van der Waals surface area (Å²) in [6.45, 7) is 2.92. The molecule has 2 rings (SSSR count). The molecule has 2 nitrogen and oxygen atoms in total. The van der Waals surface area contributed by atoms with Gasteiger partial charge in [0, 0.05) is 17.6 Å². The van der Waals surface area contributed by atoms with Crippen molar-refractivity contribution in [2.75, 3.05) is 7.11 Å². The van der Waals surface area contributed by atoms with Crippen molar-refractivity contribution in [3.05, 3.63) is 63.1 Å². The molecule has 0 aliphatic carbocycles. The summed E-state index contributed by atoms with van der Waals surface area (Å²) >= 11 is 9.51. The molecule has 2 aromatic rings. The third-order valence-corrected chi connectivity index (χ3v) is 4.03. The molecule has 1 N–H and O–H groups in total. The normalized spacial score (nSPS) is 12.2. The number of hydrogen-bond donors (Lipinski definition) is 1. The molecule has 2 aromatic carbocycles. The van der Waals surface area contributed by atoms with Gasteiger partial charge in [0.2, 0.25) is 0 Å². The van der Waals surface area contributed by atoms with Crippen LogP contribution in [0.3, 0.4) is 0 Å². The van der Waals surface area contributed by atoms with Gasteiger partial charge in [0.15, 0.2) is 0 Å². The highest BCUT2D eigenvalue weighted by molar-refractivity contribution is 9.10. The van der Waals surface area contributed by atoms with E-state index >= 15 is 0 Å². The summed E-state index contributed by atoms with van der Waals surface area (Å²) in [4.78, 5) is 0. The molecule has 0 aromatic heterocycles. The average Bonchev–Trinajstić information content (AvgIpc) is 2.45. The highest BCUT2D eigenvalue weighted by Gasteiger charge is 2.06. The zero-order chi connectivity index (χ0) is 14.5. The highest BCUT2D eigenvalue weighted by atomic mass is 79.9. The molecule has 0 saturated heterocycles. The second-order valence-corrected chi connectivity index (χ2v) is 5.92. The van der Waals surface area contributed by atoms with Crippen LogP contribution in [0, 0.1) is 0 Å². The van der Waals surface area contributed by atoms with E-state index in [2.05, 4.69) is 46.4 Å². The quantitative estimate of drug-likeness (QED) is 0.819. The topological polar surface area (TPSA) is 21.3 Å². The molecule has 0 fully saturated rings. The van der Waals surface area contributed by atoms with Crippen molar-refractivity contribution in [3.63, 3.8) is 0 Å². The summed E-state index contributed by atoms with van der Waals surface area (Å²) in [6, 6.07) is 14.3. The Hall–Kier alpha value is -1.03.